The smallest absolute Gasteiger partial charge is 0.0842 e. The summed E-state index contributed by atoms with van der Waals surface area (Å²) in [6, 6.07) is 8.34. The molecule has 1 aromatic carbocycles. The average Bonchev–Trinajstić information content (AvgIpc) is 2.33. The second kappa shape index (κ2) is 5.46. The first kappa shape index (κ1) is 11.6. The largest absolute Gasteiger partial charge is 0.390 e. The molecule has 2 nitrogen and oxygen atoms in total. The molecule has 0 bridgehead atoms. The van der Waals surface area contributed by atoms with Gasteiger partial charge in [-0.3, -0.25) is 0 Å². The molecule has 0 aliphatic carbocycles. The highest BCUT2D eigenvalue weighted by atomic mass is 16.5. The summed E-state index contributed by atoms with van der Waals surface area (Å²) >= 11 is 0. The minimum atomic E-state index is -0.358. The summed E-state index contributed by atoms with van der Waals surface area (Å²) in [6.07, 6.45) is 3.68. The summed E-state index contributed by atoms with van der Waals surface area (Å²) < 4.78 is 5.59. The Hall–Kier alpha value is -0.860. The van der Waals surface area contributed by atoms with Crippen LogP contribution in [0.25, 0.3) is 0 Å². The van der Waals surface area contributed by atoms with Gasteiger partial charge in [-0.15, -0.1) is 0 Å². The third kappa shape index (κ3) is 3.06. The molecule has 2 heteroatoms. The standard InChI is InChI=1S/C14H20O2/c1-11-5-7-12(8-6-11)10-13(15)14-4-2-3-9-16-14/h5-8,13-15H,2-4,9-10H2,1H3. The third-order valence-electron chi connectivity index (χ3n) is 3.21. The summed E-state index contributed by atoms with van der Waals surface area (Å²) in [7, 11) is 0. The van der Waals surface area contributed by atoms with E-state index in [4.69, 9.17) is 4.74 Å². The summed E-state index contributed by atoms with van der Waals surface area (Å²) in [5.74, 6) is 0. The van der Waals surface area contributed by atoms with Gasteiger partial charge in [0, 0.05) is 13.0 Å². The normalized spacial score (nSPS) is 23.0. The number of hydrogen-bond acceptors (Lipinski definition) is 2. The number of aliphatic hydroxyl groups is 1. The van der Waals surface area contributed by atoms with Crippen LogP contribution in [0.3, 0.4) is 0 Å². The Labute approximate surface area is 97.3 Å². The maximum Gasteiger partial charge on any atom is 0.0842 e. The number of benzene rings is 1. The van der Waals surface area contributed by atoms with E-state index in [2.05, 4.69) is 31.2 Å². The van der Waals surface area contributed by atoms with Crippen molar-refractivity contribution in [2.24, 2.45) is 0 Å². The molecule has 0 saturated carbocycles. The third-order valence-corrected chi connectivity index (χ3v) is 3.21. The number of aliphatic hydroxyl groups excluding tert-OH is 1. The Bertz CT molecular complexity index is 312. The topological polar surface area (TPSA) is 29.5 Å². The van der Waals surface area contributed by atoms with Gasteiger partial charge in [0.1, 0.15) is 0 Å². The zero-order valence-electron chi connectivity index (χ0n) is 9.86. The monoisotopic (exact) mass is 220 g/mol. The molecule has 1 aliphatic heterocycles. The van der Waals surface area contributed by atoms with Crippen LogP contribution in [0.1, 0.15) is 30.4 Å². The van der Waals surface area contributed by atoms with Crippen LogP contribution in [0.2, 0.25) is 0 Å². The van der Waals surface area contributed by atoms with Crippen LogP contribution in [-0.2, 0) is 11.2 Å². The molecule has 2 atom stereocenters. The highest BCUT2D eigenvalue weighted by molar-refractivity contribution is 5.22. The average molecular weight is 220 g/mol. The number of hydrogen-bond donors (Lipinski definition) is 1. The van der Waals surface area contributed by atoms with Gasteiger partial charge in [0.05, 0.1) is 12.2 Å². The number of ether oxygens (including phenoxy) is 1. The van der Waals surface area contributed by atoms with Gasteiger partial charge < -0.3 is 9.84 Å². The molecular formula is C14H20O2. The predicted octanol–water partition coefficient (Wildman–Crippen LogP) is 2.47. The molecule has 1 aliphatic rings. The fourth-order valence-electron chi connectivity index (χ4n) is 2.17. The Kier molecular flexibility index (Phi) is 3.97. The maximum atomic E-state index is 10.1. The Morgan fingerprint density at radius 3 is 2.69 bits per heavy atom. The van der Waals surface area contributed by atoms with Crippen molar-refractivity contribution in [3.63, 3.8) is 0 Å². The Balaban J connectivity index is 1.90. The summed E-state index contributed by atoms with van der Waals surface area (Å²) in [5, 5.41) is 10.1. The van der Waals surface area contributed by atoms with Gasteiger partial charge in [-0.25, -0.2) is 0 Å². The lowest BCUT2D eigenvalue weighted by molar-refractivity contribution is -0.0611. The van der Waals surface area contributed by atoms with Crippen molar-refractivity contribution in [2.45, 2.75) is 44.8 Å². The van der Waals surface area contributed by atoms with Gasteiger partial charge in [0.25, 0.3) is 0 Å². The van der Waals surface area contributed by atoms with Crippen molar-refractivity contribution in [1.82, 2.24) is 0 Å². The quantitative estimate of drug-likeness (QED) is 0.848. The van der Waals surface area contributed by atoms with Crippen LogP contribution >= 0.6 is 0 Å². The van der Waals surface area contributed by atoms with E-state index in [1.165, 1.54) is 17.5 Å². The Morgan fingerprint density at radius 2 is 2.06 bits per heavy atom. The molecule has 0 aromatic heterocycles. The van der Waals surface area contributed by atoms with Crippen LogP contribution in [0.15, 0.2) is 24.3 Å². The van der Waals surface area contributed by atoms with Crippen molar-refractivity contribution in [2.75, 3.05) is 6.61 Å². The summed E-state index contributed by atoms with van der Waals surface area (Å²) in [5.41, 5.74) is 2.44. The predicted molar refractivity (Wildman–Crippen MR) is 64.5 cm³/mol. The summed E-state index contributed by atoms with van der Waals surface area (Å²) in [6.45, 7) is 2.88. The van der Waals surface area contributed by atoms with E-state index in [0.29, 0.717) is 6.42 Å². The lowest BCUT2D eigenvalue weighted by Gasteiger charge is -2.27. The van der Waals surface area contributed by atoms with Crippen molar-refractivity contribution in [3.8, 4) is 0 Å². The van der Waals surface area contributed by atoms with Crippen LogP contribution in [0.5, 0.6) is 0 Å². The SMILES string of the molecule is Cc1ccc(CC(O)C2CCCCO2)cc1. The van der Waals surface area contributed by atoms with Crippen LogP contribution in [0, 0.1) is 6.92 Å². The van der Waals surface area contributed by atoms with E-state index in [0.717, 1.165) is 19.4 Å². The molecule has 1 saturated heterocycles. The molecule has 1 aromatic rings. The second-order valence-electron chi connectivity index (χ2n) is 4.66. The van der Waals surface area contributed by atoms with E-state index in [9.17, 15) is 5.11 Å². The molecule has 1 fully saturated rings. The minimum absolute atomic E-state index is 0.0371. The lowest BCUT2D eigenvalue weighted by atomic mass is 9.98. The Morgan fingerprint density at radius 1 is 1.31 bits per heavy atom. The van der Waals surface area contributed by atoms with Crippen molar-refractivity contribution in [3.05, 3.63) is 35.4 Å². The first-order valence-electron chi connectivity index (χ1n) is 6.11. The van der Waals surface area contributed by atoms with Crippen LogP contribution in [-0.4, -0.2) is 23.9 Å². The van der Waals surface area contributed by atoms with Gasteiger partial charge in [-0.2, -0.15) is 0 Å². The highest BCUT2D eigenvalue weighted by Crippen LogP contribution is 2.18. The van der Waals surface area contributed by atoms with Crippen LogP contribution in [0.4, 0.5) is 0 Å². The molecule has 88 valence electrons. The van der Waals surface area contributed by atoms with Crippen molar-refractivity contribution in [1.29, 1.82) is 0 Å². The van der Waals surface area contributed by atoms with E-state index >= 15 is 0 Å². The molecule has 1 heterocycles. The molecule has 0 radical (unpaired) electrons. The molecule has 0 amide bonds. The van der Waals surface area contributed by atoms with Gasteiger partial charge in [0.15, 0.2) is 0 Å². The van der Waals surface area contributed by atoms with E-state index in [1.807, 2.05) is 0 Å². The number of aryl methyl sites for hydroxylation is 1. The fourth-order valence-corrected chi connectivity index (χ4v) is 2.17. The first-order chi connectivity index (χ1) is 7.75. The zero-order chi connectivity index (χ0) is 11.4. The zero-order valence-corrected chi connectivity index (χ0v) is 9.86. The van der Waals surface area contributed by atoms with E-state index in [1.54, 1.807) is 0 Å². The summed E-state index contributed by atoms with van der Waals surface area (Å²) in [4.78, 5) is 0. The highest BCUT2D eigenvalue weighted by Gasteiger charge is 2.22. The van der Waals surface area contributed by atoms with Crippen LogP contribution < -0.4 is 0 Å². The van der Waals surface area contributed by atoms with Gasteiger partial charge in [-0.05, 0) is 31.7 Å². The van der Waals surface area contributed by atoms with Gasteiger partial charge in [0.2, 0.25) is 0 Å². The second-order valence-corrected chi connectivity index (χ2v) is 4.66. The van der Waals surface area contributed by atoms with Crippen molar-refractivity contribution >= 4 is 0 Å². The van der Waals surface area contributed by atoms with Gasteiger partial charge >= 0.3 is 0 Å². The van der Waals surface area contributed by atoms with E-state index < -0.39 is 0 Å². The molecule has 2 rings (SSSR count). The molecule has 16 heavy (non-hydrogen) atoms. The molecule has 1 N–H and O–H groups in total. The maximum absolute atomic E-state index is 10.1. The first-order valence-corrected chi connectivity index (χ1v) is 6.11. The molecule has 2 unspecified atom stereocenters. The van der Waals surface area contributed by atoms with Gasteiger partial charge in [-0.1, -0.05) is 29.8 Å². The molecule has 0 spiro atoms. The lowest BCUT2D eigenvalue weighted by Crippen LogP contribution is -2.33. The minimum Gasteiger partial charge on any atom is -0.390 e. The van der Waals surface area contributed by atoms with E-state index in [-0.39, 0.29) is 12.2 Å². The molecular weight excluding hydrogens is 200 g/mol. The van der Waals surface area contributed by atoms with Crippen molar-refractivity contribution < 1.29 is 9.84 Å². The fraction of sp³-hybridized carbons (Fsp3) is 0.571. The number of rotatable bonds is 3.